The lowest BCUT2D eigenvalue weighted by atomic mass is 10.2. The van der Waals surface area contributed by atoms with Gasteiger partial charge >= 0.3 is 0 Å². The van der Waals surface area contributed by atoms with Crippen molar-refractivity contribution in [3.63, 3.8) is 0 Å². The SMILES string of the molecule is O=C(CNC(=O)c1ccnc(F)c1F)NC1CC1. The van der Waals surface area contributed by atoms with E-state index in [-0.39, 0.29) is 18.5 Å². The van der Waals surface area contributed by atoms with Crippen LogP contribution in [-0.4, -0.2) is 29.4 Å². The van der Waals surface area contributed by atoms with Gasteiger partial charge in [0.05, 0.1) is 12.1 Å². The van der Waals surface area contributed by atoms with Gasteiger partial charge in [0.15, 0.2) is 5.82 Å². The van der Waals surface area contributed by atoms with Crippen LogP contribution in [-0.2, 0) is 4.79 Å². The van der Waals surface area contributed by atoms with Crippen LogP contribution in [0.25, 0.3) is 0 Å². The van der Waals surface area contributed by atoms with Crippen molar-refractivity contribution in [1.29, 1.82) is 0 Å². The van der Waals surface area contributed by atoms with Crippen molar-refractivity contribution in [1.82, 2.24) is 15.6 Å². The number of nitrogens with one attached hydrogen (secondary N) is 2. The molecule has 7 heteroatoms. The van der Waals surface area contributed by atoms with Crippen LogP contribution in [0.4, 0.5) is 8.78 Å². The number of hydrogen-bond acceptors (Lipinski definition) is 3. The fraction of sp³-hybridized carbons (Fsp3) is 0.364. The summed E-state index contributed by atoms with van der Waals surface area (Å²) in [7, 11) is 0. The zero-order valence-corrected chi connectivity index (χ0v) is 9.37. The fourth-order valence-electron chi connectivity index (χ4n) is 1.36. The van der Waals surface area contributed by atoms with E-state index >= 15 is 0 Å². The van der Waals surface area contributed by atoms with E-state index in [1.807, 2.05) is 0 Å². The third-order valence-corrected chi connectivity index (χ3v) is 2.44. The molecule has 1 fully saturated rings. The van der Waals surface area contributed by atoms with Gasteiger partial charge in [-0.25, -0.2) is 9.37 Å². The van der Waals surface area contributed by atoms with Crippen molar-refractivity contribution in [2.75, 3.05) is 6.54 Å². The first kappa shape index (κ1) is 12.4. The molecule has 0 aromatic carbocycles. The molecular formula is C11H11F2N3O2. The van der Waals surface area contributed by atoms with E-state index in [0.29, 0.717) is 0 Å². The summed E-state index contributed by atoms with van der Waals surface area (Å²) in [6.45, 7) is -0.265. The summed E-state index contributed by atoms with van der Waals surface area (Å²) in [4.78, 5) is 25.8. The minimum absolute atomic E-state index is 0.185. The minimum Gasteiger partial charge on any atom is -0.352 e. The average molecular weight is 255 g/mol. The highest BCUT2D eigenvalue weighted by molar-refractivity contribution is 5.96. The second-order valence-corrected chi connectivity index (χ2v) is 3.99. The smallest absolute Gasteiger partial charge is 0.254 e. The van der Waals surface area contributed by atoms with Gasteiger partial charge in [0, 0.05) is 12.2 Å². The summed E-state index contributed by atoms with van der Waals surface area (Å²) >= 11 is 0. The van der Waals surface area contributed by atoms with Crippen molar-refractivity contribution < 1.29 is 18.4 Å². The molecule has 1 aliphatic rings. The van der Waals surface area contributed by atoms with Crippen molar-refractivity contribution in [3.8, 4) is 0 Å². The monoisotopic (exact) mass is 255 g/mol. The zero-order chi connectivity index (χ0) is 13.1. The Morgan fingerprint density at radius 2 is 2.11 bits per heavy atom. The fourth-order valence-corrected chi connectivity index (χ4v) is 1.36. The van der Waals surface area contributed by atoms with E-state index in [1.54, 1.807) is 0 Å². The van der Waals surface area contributed by atoms with Crippen molar-refractivity contribution in [2.24, 2.45) is 0 Å². The van der Waals surface area contributed by atoms with E-state index in [9.17, 15) is 18.4 Å². The standard InChI is InChI=1S/C11H11F2N3O2/c12-9-7(3-4-14-10(9)13)11(18)15-5-8(17)16-6-1-2-6/h3-4,6H,1-2,5H2,(H,15,18)(H,16,17). The molecule has 0 aliphatic heterocycles. The number of pyridine rings is 1. The molecule has 2 rings (SSSR count). The molecule has 0 bridgehead atoms. The highest BCUT2D eigenvalue weighted by atomic mass is 19.2. The number of amides is 2. The predicted octanol–water partition coefficient (Wildman–Crippen LogP) is 0.368. The molecule has 5 nitrogen and oxygen atoms in total. The number of carbonyl (C=O) groups excluding carboxylic acids is 2. The van der Waals surface area contributed by atoms with Gasteiger partial charge in [-0.05, 0) is 18.9 Å². The molecule has 96 valence electrons. The van der Waals surface area contributed by atoms with E-state index in [1.165, 1.54) is 0 Å². The Labute approximate surface area is 102 Å². The van der Waals surface area contributed by atoms with E-state index < -0.39 is 23.2 Å². The van der Waals surface area contributed by atoms with Crippen LogP contribution >= 0.6 is 0 Å². The molecule has 2 N–H and O–H groups in total. The summed E-state index contributed by atoms with van der Waals surface area (Å²) in [6.07, 6.45) is 2.85. The minimum atomic E-state index is -1.34. The van der Waals surface area contributed by atoms with Crippen LogP contribution in [0.1, 0.15) is 23.2 Å². The summed E-state index contributed by atoms with van der Waals surface area (Å²) in [5.41, 5.74) is -0.471. The van der Waals surface area contributed by atoms with Crippen LogP contribution in [0.3, 0.4) is 0 Å². The Morgan fingerprint density at radius 1 is 1.39 bits per heavy atom. The second-order valence-electron chi connectivity index (χ2n) is 3.99. The number of nitrogens with zero attached hydrogens (tertiary/aromatic N) is 1. The first-order chi connectivity index (χ1) is 8.58. The molecular weight excluding hydrogens is 244 g/mol. The third kappa shape index (κ3) is 2.99. The topological polar surface area (TPSA) is 71.1 Å². The Hall–Kier alpha value is -2.05. The zero-order valence-electron chi connectivity index (χ0n) is 9.37. The molecule has 0 saturated heterocycles. The maximum Gasteiger partial charge on any atom is 0.254 e. The molecule has 0 atom stereocenters. The Morgan fingerprint density at radius 3 is 2.78 bits per heavy atom. The van der Waals surface area contributed by atoms with E-state index in [0.717, 1.165) is 25.1 Å². The number of rotatable bonds is 4. The van der Waals surface area contributed by atoms with Crippen molar-refractivity contribution >= 4 is 11.8 Å². The first-order valence-corrected chi connectivity index (χ1v) is 5.45. The van der Waals surface area contributed by atoms with Gasteiger partial charge in [0.2, 0.25) is 11.9 Å². The molecule has 0 spiro atoms. The molecule has 1 heterocycles. The summed E-state index contributed by atoms with van der Waals surface area (Å²) in [5.74, 6) is -3.86. The quantitative estimate of drug-likeness (QED) is 0.763. The van der Waals surface area contributed by atoms with Gasteiger partial charge in [-0.2, -0.15) is 4.39 Å². The maximum absolute atomic E-state index is 13.2. The molecule has 1 aromatic heterocycles. The molecule has 0 unspecified atom stereocenters. The molecule has 1 aliphatic carbocycles. The molecule has 0 radical (unpaired) electrons. The lowest BCUT2D eigenvalue weighted by Gasteiger charge is -2.06. The van der Waals surface area contributed by atoms with Crippen LogP contribution < -0.4 is 10.6 Å². The predicted molar refractivity (Wildman–Crippen MR) is 57.7 cm³/mol. The third-order valence-electron chi connectivity index (χ3n) is 2.44. The molecule has 18 heavy (non-hydrogen) atoms. The summed E-state index contributed by atoms with van der Waals surface area (Å²) < 4.78 is 26.0. The molecule has 1 aromatic rings. The largest absolute Gasteiger partial charge is 0.352 e. The Kier molecular flexibility index (Phi) is 3.50. The number of halogens is 2. The van der Waals surface area contributed by atoms with Crippen LogP contribution in [0.5, 0.6) is 0 Å². The normalized spacial score (nSPS) is 14.1. The molecule has 1 saturated carbocycles. The van der Waals surface area contributed by atoms with Crippen LogP contribution in [0.2, 0.25) is 0 Å². The number of carbonyl (C=O) groups is 2. The van der Waals surface area contributed by atoms with Crippen LogP contribution in [0, 0.1) is 11.8 Å². The van der Waals surface area contributed by atoms with Crippen molar-refractivity contribution in [3.05, 3.63) is 29.6 Å². The number of hydrogen-bond donors (Lipinski definition) is 2. The summed E-state index contributed by atoms with van der Waals surface area (Å²) in [5, 5.41) is 4.87. The Balaban J connectivity index is 1.90. The number of aromatic nitrogens is 1. The summed E-state index contributed by atoms with van der Waals surface area (Å²) in [6, 6.07) is 1.23. The van der Waals surface area contributed by atoms with Gasteiger partial charge in [-0.15, -0.1) is 0 Å². The average Bonchev–Trinajstić information content (AvgIpc) is 3.13. The van der Waals surface area contributed by atoms with Crippen LogP contribution in [0.15, 0.2) is 12.3 Å². The van der Waals surface area contributed by atoms with Crippen molar-refractivity contribution in [2.45, 2.75) is 18.9 Å². The highest BCUT2D eigenvalue weighted by Crippen LogP contribution is 2.18. The van der Waals surface area contributed by atoms with Gasteiger partial charge in [0.25, 0.3) is 5.91 Å². The van der Waals surface area contributed by atoms with Gasteiger partial charge in [0.1, 0.15) is 0 Å². The lowest BCUT2D eigenvalue weighted by molar-refractivity contribution is -0.120. The van der Waals surface area contributed by atoms with E-state index in [2.05, 4.69) is 15.6 Å². The molecule has 2 amide bonds. The highest BCUT2D eigenvalue weighted by Gasteiger charge is 2.23. The second kappa shape index (κ2) is 5.07. The van der Waals surface area contributed by atoms with Gasteiger partial charge < -0.3 is 10.6 Å². The van der Waals surface area contributed by atoms with E-state index in [4.69, 9.17) is 0 Å². The Bertz CT molecular complexity index is 489. The lowest BCUT2D eigenvalue weighted by Crippen LogP contribution is -2.38. The van der Waals surface area contributed by atoms with Gasteiger partial charge in [-0.3, -0.25) is 9.59 Å². The first-order valence-electron chi connectivity index (χ1n) is 5.45. The maximum atomic E-state index is 13.2. The van der Waals surface area contributed by atoms with Gasteiger partial charge in [-0.1, -0.05) is 0 Å².